The summed E-state index contributed by atoms with van der Waals surface area (Å²) in [5, 5.41) is 0. The number of hydrogen-bond acceptors (Lipinski definition) is 1. The summed E-state index contributed by atoms with van der Waals surface area (Å²) >= 11 is 1.99. The summed E-state index contributed by atoms with van der Waals surface area (Å²) in [5.41, 5.74) is 2.54. The normalized spacial score (nSPS) is 9.80. The summed E-state index contributed by atoms with van der Waals surface area (Å²) in [7, 11) is 0. The van der Waals surface area contributed by atoms with Crippen LogP contribution in [0, 0.1) is 20.8 Å². The molecular weight excluding hydrogens is 160 g/mol. The van der Waals surface area contributed by atoms with Crippen molar-refractivity contribution in [1.82, 2.24) is 0 Å². The van der Waals surface area contributed by atoms with Gasteiger partial charge >= 0.3 is 72.1 Å². The van der Waals surface area contributed by atoms with Gasteiger partial charge in [0, 0.05) is 0 Å². The molecule has 1 aromatic heterocycles. The first-order valence-corrected chi connectivity index (χ1v) is 4.14. The molecule has 0 saturated carbocycles. The fourth-order valence-electron chi connectivity index (χ4n) is 0.905. The van der Waals surface area contributed by atoms with Gasteiger partial charge < -0.3 is 0 Å². The molecule has 0 bridgehead atoms. The van der Waals surface area contributed by atoms with Crippen molar-refractivity contribution < 1.29 is 24.4 Å². The predicted molar refractivity (Wildman–Crippen MR) is 38.1 cm³/mol. The second-order valence-corrected chi connectivity index (χ2v) is 2.87. The van der Waals surface area contributed by atoms with E-state index < -0.39 is 0 Å². The van der Waals surface area contributed by atoms with Gasteiger partial charge in [0.05, 0.1) is 0 Å². The summed E-state index contributed by atoms with van der Waals surface area (Å²) in [4.78, 5) is 0. The van der Waals surface area contributed by atoms with E-state index in [0.29, 0.717) is 0 Å². The zero-order valence-electron chi connectivity index (χ0n) is 6.49. The van der Waals surface area contributed by atoms with Crippen LogP contribution in [0.2, 0.25) is 0 Å². The Balaban J connectivity index is 3.30. The van der Waals surface area contributed by atoms with Gasteiger partial charge in [-0.1, -0.05) is 0 Å². The van der Waals surface area contributed by atoms with Gasteiger partial charge in [-0.25, -0.2) is 0 Å². The molecule has 0 spiro atoms. The Morgan fingerprint density at radius 3 is 2.00 bits per heavy atom. The van der Waals surface area contributed by atoms with Gasteiger partial charge in [-0.15, -0.1) is 0 Å². The predicted octanol–water partition coefficient (Wildman–Crippen LogP) is 1.90. The fourth-order valence-corrected chi connectivity index (χ4v) is 1.33. The molecule has 1 nitrogen and oxygen atoms in total. The molecule has 1 heterocycles. The van der Waals surface area contributed by atoms with Gasteiger partial charge in [0.15, 0.2) is 0 Å². The maximum absolute atomic E-state index is 5.44. The monoisotopic (exact) mass is 170 g/mol. The molecule has 1 rings (SSSR count). The molecule has 0 aromatic carbocycles. The summed E-state index contributed by atoms with van der Waals surface area (Å²) in [5.74, 6) is 2.04. The van der Waals surface area contributed by atoms with Crippen molar-refractivity contribution in [2.45, 2.75) is 20.8 Å². The van der Waals surface area contributed by atoms with E-state index >= 15 is 0 Å². The molecule has 0 aliphatic rings. The van der Waals surface area contributed by atoms with Crippen molar-refractivity contribution in [2.24, 2.45) is 0 Å². The molecule has 0 fully saturated rings. The van der Waals surface area contributed by atoms with E-state index in [1.807, 2.05) is 31.2 Å². The van der Waals surface area contributed by atoms with Crippen LogP contribution in [0.1, 0.15) is 22.6 Å². The van der Waals surface area contributed by atoms with Gasteiger partial charge in [0.25, 0.3) is 0 Å². The van der Waals surface area contributed by atoms with Crippen molar-refractivity contribution in [1.29, 1.82) is 0 Å². The van der Waals surface area contributed by atoms with Gasteiger partial charge in [-0.05, 0) is 0 Å². The second-order valence-electron chi connectivity index (χ2n) is 2.42. The van der Waals surface area contributed by atoms with Crippen molar-refractivity contribution in [3.63, 3.8) is 0 Å². The van der Waals surface area contributed by atoms with Crippen molar-refractivity contribution >= 4 is 4.31 Å². The molecule has 10 heavy (non-hydrogen) atoms. The summed E-state index contributed by atoms with van der Waals surface area (Å²) in [6.45, 7) is 6.16. The number of rotatable bonds is 1. The quantitative estimate of drug-likeness (QED) is 0.586. The average molecular weight is 170 g/mol. The van der Waals surface area contributed by atoms with Crippen LogP contribution in [0.3, 0.4) is 0 Å². The number of furan rings is 1. The molecule has 0 unspecified atom stereocenters. The topological polar surface area (TPSA) is 13.1 Å². The average Bonchev–Trinajstić information content (AvgIpc) is 2.17. The standard InChI is InChI=1S/C8H10O.Ti/c1-5-6(2)8(4)9-7(5)3;/h3H,1-2,4H3;. The zero-order chi connectivity index (χ0) is 7.72. The summed E-state index contributed by atoms with van der Waals surface area (Å²) < 4.78 is 7.43. The number of hydrogen-bond donors (Lipinski definition) is 0. The number of aryl methyl sites for hydroxylation is 1. The van der Waals surface area contributed by atoms with Gasteiger partial charge in [0.1, 0.15) is 0 Å². The first-order valence-electron chi connectivity index (χ1n) is 3.24. The van der Waals surface area contributed by atoms with Gasteiger partial charge in [-0.2, -0.15) is 0 Å². The molecule has 0 N–H and O–H groups in total. The third kappa shape index (κ3) is 1.16. The van der Waals surface area contributed by atoms with Crippen LogP contribution in [0.25, 0.3) is 0 Å². The van der Waals surface area contributed by atoms with E-state index in [1.165, 1.54) is 11.1 Å². The SMILES string of the molecule is Cc1oc([CH]=[Ti])c(C)c1C. The van der Waals surface area contributed by atoms with Gasteiger partial charge in [0.2, 0.25) is 0 Å². The second kappa shape index (κ2) is 2.85. The van der Waals surface area contributed by atoms with Crippen LogP contribution in [-0.4, -0.2) is 4.31 Å². The van der Waals surface area contributed by atoms with Gasteiger partial charge in [-0.3, -0.25) is 0 Å². The van der Waals surface area contributed by atoms with Crippen LogP contribution >= 0.6 is 0 Å². The van der Waals surface area contributed by atoms with Crippen LogP contribution in [0.4, 0.5) is 0 Å². The van der Waals surface area contributed by atoms with Crippen molar-refractivity contribution in [3.8, 4) is 0 Å². The van der Waals surface area contributed by atoms with E-state index in [-0.39, 0.29) is 0 Å². The molecule has 0 aliphatic carbocycles. The molecule has 1 aromatic rings. The van der Waals surface area contributed by atoms with Crippen molar-refractivity contribution in [2.75, 3.05) is 0 Å². The van der Waals surface area contributed by atoms with E-state index in [1.54, 1.807) is 0 Å². The Hall–Kier alpha value is -0.136. The Kier molecular flexibility index (Phi) is 2.27. The first kappa shape index (κ1) is 7.97. The summed E-state index contributed by atoms with van der Waals surface area (Å²) in [6.07, 6.45) is 0. The molecular formula is C8H10OTi. The summed E-state index contributed by atoms with van der Waals surface area (Å²) in [6, 6.07) is 0. The van der Waals surface area contributed by atoms with Crippen molar-refractivity contribution in [3.05, 3.63) is 22.6 Å². The minimum atomic E-state index is 1.01. The molecule has 0 atom stereocenters. The third-order valence-electron chi connectivity index (χ3n) is 1.85. The maximum atomic E-state index is 5.44. The third-order valence-corrected chi connectivity index (χ3v) is 2.26. The Morgan fingerprint density at radius 2 is 1.80 bits per heavy atom. The minimum absolute atomic E-state index is 1.01. The molecule has 2 heteroatoms. The fraction of sp³-hybridized carbons (Fsp3) is 0.375. The van der Waals surface area contributed by atoms with E-state index in [2.05, 4.69) is 13.8 Å². The molecule has 0 aliphatic heterocycles. The van der Waals surface area contributed by atoms with E-state index in [9.17, 15) is 0 Å². The Bertz CT molecular complexity index is 260. The van der Waals surface area contributed by atoms with Crippen LogP contribution in [-0.2, 0) is 20.0 Å². The van der Waals surface area contributed by atoms with E-state index in [4.69, 9.17) is 4.42 Å². The molecule has 52 valence electrons. The van der Waals surface area contributed by atoms with Crippen LogP contribution in [0.15, 0.2) is 4.42 Å². The van der Waals surface area contributed by atoms with E-state index in [0.717, 1.165) is 11.5 Å². The Morgan fingerprint density at radius 1 is 1.20 bits per heavy atom. The van der Waals surface area contributed by atoms with Crippen LogP contribution < -0.4 is 0 Å². The first-order chi connectivity index (χ1) is 4.66. The van der Waals surface area contributed by atoms with Crippen LogP contribution in [0.5, 0.6) is 0 Å². The molecule has 0 radical (unpaired) electrons. The Labute approximate surface area is 72.3 Å². The molecule has 0 saturated heterocycles. The molecule has 0 amide bonds. The zero-order valence-corrected chi connectivity index (χ0v) is 8.05.